The molecule has 0 spiro atoms. The van der Waals surface area contributed by atoms with Crippen LogP contribution in [0.25, 0.3) is 0 Å². The number of hydrogen-bond donors (Lipinski definition) is 2. The van der Waals surface area contributed by atoms with E-state index in [1.165, 1.54) is 0 Å². The lowest BCUT2D eigenvalue weighted by molar-refractivity contribution is -0.177. The van der Waals surface area contributed by atoms with E-state index in [1.54, 1.807) is 6.92 Å². The first-order chi connectivity index (χ1) is 5.70. The first-order valence-corrected chi connectivity index (χ1v) is 3.76. The van der Waals surface area contributed by atoms with E-state index in [1.807, 2.05) is 0 Å². The topological polar surface area (TPSA) is 76.0 Å². The molecule has 0 fully saturated rings. The fourth-order valence-electron chi connectivity index (χ4n) is 0.518. The summed E-state index contributed by atoms with van der Waals surface area (Å²) < 4.78 is 9.17. The van der Waals surface area contributed by atoms with E-state index in [0.29, 0.717) is 0 Å². The number of aliphatic hydroxyl groups is 2. The highest BCUT2D eigenvalue weighted by molar-refractivity contribution is 5.68. The lowest BCUT2D eigenvalue weighted by Crippen LogP contribution is -2.23. The molecule has 0 bridgehead atoms. The Morgan fingerprint density at radius 1 is 1.58 bits per heavy atom. The second kappa shape index (κ2) is 7.02. The summed E-state index contributed by atoms with van der Waals surface area (Å²) in [5.41, 5.74) is 0. The Kier molecular flexibility index (Phi) is 6.64. The smallest absolute Gasteiger partial charge is 0.307 e. The lowest BCUT2D eigenvalue weighted by Gasteiger charge is -2.10. The Morgan fingerprint density at radius 2 is 2.25 bits per heavy atom. The van der Waals surface area contributed by atoms with Crippen molar-refractivity contribution in [3.05, 3.63) is 0 Å². The number of hydrogen-bond acceptors (Lipinski definition) is 5. The number of aliphatic hydroxyl groups excluding tert-OH is 2. The largest absolute Gasteiger partial charge is 0.433 e. The van der Waals surface area contributed by atoms with Crippen LogP contribution in [0, 0.1) is 0 Å². The zero-order valence-electron chi connectivity index (χ0n) is 7.02. The first-order valence-electron chi connectivity index (χ1n) is 3.76. The SMILES string of the molecule is CCC(=O)OC(O)COCCO. The molecule has 1 unspecified atom stereocenters. The third-order valence-electron chi connectivity index (χ3n) is 1.05. The van der Waals surface area contributed by atoms with Crippen LogP contribution in [0.3, 0.4) is 0 Å². The van der Waals surface area contributed by atoms with Crippen LogP contribution in [0.4, 0.5) is 0 Å². The van der Waals surface area contributed by atoms with Crippen molar-refractivity contribution in [2.75, 3.05) is 19.8 Å². The van der Waals surface area contributed by atoms with Gasteiger partial charge in [-0.05, 0) is 0 Å². The van der Waals surface area contributed by atoms with Gasteiger partial charge in [0, 0.05) is 6.42 Å². The second-order valence-electron chi connectivity index (χ2n) is 2.10. The van der Waals surface area contributed by atoms with Gasteiger partial charge in [-0.3, -0.25) is 4.79 Å². The highest BCUT2D eigenvalue weighted by Gasteiger charge is 2.08. The van der Waals surface area contributed by atoms with Gasteiger partial charge >= 0.3 is 5.97 Å². The van der Waals surface area contributed by atoms with Crippen LogP contribution in [0.1, 0.15) is 13.3 Å². The maximum atomic E-state index is 10.6. The van der Waals surface area contributed by atoms with Crippen LogP contribution < -0.4 is 0 Å². The molecule has 2 N–H and O–H groups in total. The minimum Gasteiger partial charge on any atom is -0.433 e. The van der Waals surface area contributed by atoms with Crippen molar-refractivity contribution in [2.24, 2.45) is 0 Å². The molecule has 72 valence electrons. The summed E-state index contributed by atoms with van der Waals surface area (Å²) in [7, 11) is 0. The van der Waals surface area contributed by atoms with Gasteiger partial charge < -0.3 is 19.7 Å². The normalized spacial score (nSPS) is 12.6. The monoisotopic (exact) mass is 178 g/mol. The van der Waals surface area contributed by atoms with Crippen molar-refractivity contribution in [1.29, 1.82) is 0 Å². The zero-order chi connectivity index (χ0) is 9.40. The van der Waals surface area contributed by atoms with Crippen molar-refractivity contribution in [3.63, 3.8) is 0 Å². The fraction of sp³-hybridized carbons (Fsp3) is 0.857. The second-order valence-corrected chi connectivity index (χ2v) is 2.10. The molecule has 0 aromatic heterocycles. The van der Waals surface area contributed by atoms with Gasteiger partial charge in [0.05, 0.1) is 13.2 Å². The van der Waals surface area contributed by atoms with Crippen LogP contribution >= 0.6 is 0 Å². The summed E-state index contributed by atoms with van der Waals surface area (Å²) in [6, 6.07) is 0. The van der Waals surface area contributed by atoms with Crippen LogP contribution in [0.5, 0.6) is 0 Å². The molecule has 0 aromatic carbocycles. The quantitative estimate of drug-likeness (QED) is 0.318. The minimum absolute atomic E-state index is 0.105. The molecule has 0 aliphatic rings. The summed E-state index contributed by atoms with van der Waals surface area (Å²) >= 11 is 0. The predicted octanol–water partition coefficient (Wildman–Crippen LogP) is -0.733. The van der Waals surface area contributed by atoms with E-state index in [-0.39, 0.29) is 26.2 Å². The summed E-state index contributed by atoms with van der Waals surface area (Å²) in [6.45, 7) is 1.53. The van der Waals surface area contributed by atoms with Crippen molar-refractivity contribution in [2.45, 2.75) is 19.6 Å². The van der Waals surface area contributed by atoms with Crippen LogP contribution in [-0.2, 0) is 14.3 Å². The molecular formula is C7H14O5. The third-order valence-corrected chi connectivity index (χ3v) is 1.05. The molecule has 0 aliphatic carbocycles. The van der Waals surface area contributed by atoms with Gasteiger partial charge in [-0.15, -0.1) is 0 Å². The first kappa shape index (κ1) is 11.4. The van der Waals surface area contributed by atoms with Crippen LogP contribution in [0.2, 0.25) is 0 Å². The van der Waals surface area contributed by atoms with Crippen molar-refractivity contribution >= 4 is 5.97 Å². The van der Waals surface area contributed by atoms with E-state index in [0.717, 1.165) is 0 Å². The van der Waals surface area contributed by atoms with Gasteiger partial charge in [-0.25, -0.2) is 0 Å². The van der Waals surface area contributed by atoms with Crippen LogP contribution in [0.15, 0.2) is 0 Å². The van der Waals surface area contributed by atoms with Gasteiger partial charge in [0.15, 0.2) is 0 Å². The molecular weight excluding hydrogens is 164 g/mol. The van der Waals surface area contributed by atoms with Gasteiger partial charge in [0.1, 0.15) is 6.61 Å². The Morgan fingerprint density at radius 3 is 2.75 bits per heavy atom. The summed E-state index contributed by atoms with van der Waals surface area (Å²) in [5.74, 6) is -0.477. The Hall–Kier alpha value is -0.650. The van der Waals surface area contributed by atoms with E-state index >= 15 is 0 Å². The molecule has 5 heteroatoms. The molecule has 0 rings (SSSR count). The van der Waals surface area contributed by atoms with Crippen molar-refractivity contribution in [3.8, 4) is 0 Å². The third kappa shape index (κ3) is 6.09. The molecule has 0 saturated carbocycles. The van der Waals surface area contributed by atoms with Gasteiger partial charge in [0.25, 0.3) is 0 Å². The fourth-order valence-corrected chi connectivity index (χ4v) is 0.518. The zero-order valence-corrected chi connectivity index (χ0v) is 7.02. The van der Waals surface area contributed by atoms with Gasteiger partial charge in [-0.1, -0.05) is 6.92 Å². The van der Waals surface area contributed by atoms with Gasteiger partial charge in [0.2, 0.25) is 6.29 Å². The Labute approximate surface area is 70.9 Å². The molecule has 0 aliphatic heterocycles. The molecule has 12 heavy (non-hydrogen) atoms. The average Bonchev–Trinajstić information content (AvgIpc) is 2.05. The molecule has 0 aromatic rings. The van der Waals surface area contributed by atoms with Gasteiger partial charge in [-0.2, -0.15) is 0 Å². The molecule has 1 atom stereocenters. The Balaban J connectivity index is 3.32. The highest BCUT2D eigenvalue weighted by Crippen LogP contribution is 1.92. The summed E-state index contributed by atoms with van der Waals surface area (Å²) in [6.07, 6.45) is -1.01. The maximum absolute atomic E-state index is 10.6. The van der Waals surface area contributed by atoms with E-state index in [2.05, 4.69) is 4.74 Å². The number of ether oxygens (including phenoxy) is 2. The molecule has 0 radical (unpaired) electrons. The standard InChI is InChI=1S/C7H14O5/c1-2-6(9)12-7(10)5-11-4-3-8/h7-8,10H,2-5H2,1H3. The number of rotatable bonds is 6. The van der Waals surface area contributed by atoms with E-state index in [4.69, 9.17) is 14.9 Å². The van der Waals surface area contributed by atoms with Crippen molar-refractivity contribution in [1.82, 2.24) is 0 Å². The minimum atomic E-state index is -1.23. The lowest BCUT2D eigenvalue weighted by atomic mass is 10.5. The average molecular weight is 178 g/mol. The number of carbonyl (C=O) groups is 1. The molecule has 0 heterocycles. The van der Waals surface area contributed by atoms with Crippen molar-refractivity contribution < 1.29 is 24.5 Å². The van der Waals surface area contributed by atoms with Crippen LogP contribution in [-0.4, -0.2) is 42.3 Å². The molecule has 5 nitrogen and oxygen atoms in total. The number of carbonyl (C=O) groups excluding carboxylic acids is 1. The number of esters is 1. The molecule has 0 saturated heterocycles. The highest BCUT2D eigenvalue weighted by atomic mass is 16.7. The van der Waals surface area contributed by atoms with E-state index < -0.39 is 12.3 Å². The maximum Gasteiger partial charge on any atom is 0.307 e. The van der Waals surface area contributed by atoms with E-state index in [9.17, 15) is 4.79 Å². The molecule has 0 amide bonds. The Bertz CT molecular complexity index is 125. The predicted molar refractivity (Wildman–Crippen MR) is 40.3 cm³/mol. The summed E-state index contributed by atoms with van der Waals surface area (Å²) in [4.78, 5) is 10.6. The summed E-state index contributed by atoms with van der Waals surface area (Å²) in [5, 5.41) is 17.2.